The Morgan fingerprint density at radius 2 is 2.21 bits per heavy atom. The van der Waals surface area contributed by atoms with Crippen molar-refractivity contribution in [1.29, 1.82) is 0 Å². The van der Waals surface area contributed by atoms with Gasteiger partial charge in [0.25, 0.3) is 0 Å². The molecule has 3 heterocycles. The number of nitrogens with zero attached hydrogens (tertiary/aromatic N) is 2. The quantitative estimate of drug-likeness (QED) is 0.937. The van der Waals surface area contributed by atoms with Crippen molar-refractivity contribution in [3.05, 3.63) is 41.3 Å². The number of likely N-dealkylation sites (tertiary alicyclic amines) is 1. The number of urea groups is 1. The van der Waals surface area contributed by atoms with E-state index in [1.54, 1.807) is 0 Å². The lowest BCUT2D eigenvalue weighted by Gasteiger charge is -2.23. The first kappa shape index (κ1) is 14.9. The first-order valence-electron chi connectivity index (χ1n) is 8.07. The van der Waals surface area contributed by atoms with E-state index in [4.69, 9.17) is 14.0 Å². The molecule has 7 nitrogen and oxygen atoms in total. The molecule has 0 bridgehead atoms. The van der Waals surface area contributed by atoms with Crippen LogP contribution in [0.2, 0.25) is 0 Å². The Hall–Kier alpha value is -2.70. The van der Waals surface area contributed by atoms with Gasteiger partial charge in [-0.3, -0.25) is 0 Å². The number of carbonyl (C=O) groups is 1. The zero-order valence-electron chi connectivity index (χ0n) is 13.4. The molecule has 24 heavy (non-hydrogen) atoms. The highest BCUT2D eigenvalue weighted by Crippen LogP contribution is 2.33. The largest absolute Gasteiger partial charge is 0.454 e. The van der Waals surface area contributed by atoms with Crippen molar-refractivity contribution < 1.29 is 18.8 Å². The Morgan fingerprint density at radius 3 is 3.04 bits per heavy atom. The third-order valence-electron chi connectivity index (χ3n) is 4.37. The molecular weight excluding hydrogens is 310 g/mol. The summed E-state index contributed by atoms with van der Waals surface area (Å²) in [5.41, 5.74) is 1.80. The molecule has 2 aliphatic heterocycles. The highest BCUT2D eigenvalue weighted by Gasteiger charge is 2.32. The molecule has 0 spiro atoms. The van der Waals surface area contributed by atoms with E-state index >= 15 is 0 Å². The van der Waals surface area contributed by atoms with Gasteiger partial charge in [0.15, 0.2) is 17.3 Å². The topological polar surface area (TPSA) is 76.8 Å². The summed E-state index contributed by atoms with van der Waals surface area (Å²) in [5.74, 6) is 2.21. The van der Waals surface area contributed by atoms with Crippen LogP contribution in [0.3, 0.4) is 0 Å². The van der Waals surface area contributed by atoms with Crippen molar-refractivity contribution in [3.8, 4) is 11.5 Å². The Labute approximate surface area is 139 Å². The molecule has 1 saturated heterocycles. The van der Waals surface area contributed by atoms with Crippen LogP contribution in [-0.4, -0.2) is 29.4 Å². The third kappa shape index (κ3) is 2.77. The maximum absolute atomic E-state index is 12.5. The molecule has 7 heteroatoms. The molecular formula is C17H19N3O4. The standard InChI is InChI=1S/C17H19N3O4/c1-11-7-15(24-19-11)13-3-2-6-20(13)17(21)18-9-12-4-5-14-16(8-12)23-10-22-14/h4-5,7-8,13H,2-3,6,9-10H2,1H3,(H,18,21). The summed E-state index contributed by atoms with van der Waals surface area (Å²) in [4.78, 5) is 14.4. The van der Waals surface area contributed by atoms with Gasteiger partial charge in [0.1, 0.15) is 0 Å². The molecule has 4 rings (SSSR count). The lowest BCUT2D eigenvalue weighted by Crippen LogP contribution is -2.39. The maximum Gasteiger partial charge on any atom is 0.318 e. The fourth-order valence-electron chi connectivity index (χ4n) is 3.18. The smallest absolute Gasteiger partial charge is 0.318 e. The molecule has 1 aromatic carbocycles. The number of hydrogen-bond donors (Lipinski definition) is 1. The number of hydrogen-bond acceptors (Lipinski definition) is 5. The first-order valence-corrected chi connectivity index (χ1v) is 8.07. The van der Waals surface area contributed by atoms with Crippen molar-refractivity contribution in [2.45, 2.75) is 32.4 Å². The molecule has 1 atom stereocenters. The zero-order valence-corrected chi connectivity index (χ0v) is 13.4. The normalized spacial score (nSPS) is 18.9. The van der Waals surface area contributed by atoms with Gasteiger partial charge in [-0.05, 0) is 37.5 Å². The van der Waals surface area contributed by atoms with E-state index in [9.17, 15) is 4.79 Å². The van der Waals surface area contributed by atoms with E-state index < -0.39 is 0 Å². The number of ether oxygens (including phenoxy) is 2. The summed E-state index contributed by atoms with van der Waals surface area (Å²) >= 11 is 0. The van der Waals surface area contributed by atoms with Crippen molar-refractivity contribution in [1.82, 2.24) is 15.4 Å². The fraction of sp³-hybridized carbons (Fsp3) is 0.412. The highest BCUT2D eigenvalue weighted by atomic mass is 16.7. The first-order chi connectivity index (χ1) is 11.7. The molecule has 0 saturated carbocycles. The average molecular weight is 329 g/mol. The van der Waals surface area contributed by atoms with Crippen molar-refractivity contribution in [2.24, 2.45) is 0 Å². The van der Waals surface area contributed by atoms with Crippen LogP contribution in [0.25, 0.3) is 0 Å². The Balaban J connectivity index is 1.40. The minimum atomic E-state index is -0.0933. The maximum atomic E-state index is 12.5. The molecule has 2 aromatic rings. The highest BCUT2D eigenvalue weighted by molar-refractivity contribution is 5.75. The fourth-order valence-corrected chi connectivity index (χ4v) is 3.18. The summed E-state index contributed by atoms with van der Waals surface area (Å²) in [6.45, 7) is 3.29. The number of aryl methyl sites for hydroxylation is 1. The van der Waals surface area contributed by atoms with Crippen LogP contribution >= 0.6 is 0 Å². The van der Waals surface area contributed by atoms with Crippen molar-refractivity contribution >= 4 is 6.03 Å². The van der Waals surface area contributed by atoms with Crippen LogP contribution in [0, 0.1) is 6.92 Å². The molecule has 1 unspecified atom stereocenters. The number of fused-ring (bicyclic) bond motifs is 1. The van der Waals surface area contributed by atoms with Gasteiger partial charge in [0.05, 0.1) is 11.7 Å². The second kappa shape index (κ2) is 6.07. The minimum Gasteiger partial charge on any atom is -0.454 e. The predicted octanol–water partition coefficient (Wildman–Crippen LogP) is 2.76. The number of nitrogens with one attached hydrogen (secondary N) is 1. The van der Waals surface area contributed by atoms with Crippen molar-refractivity contribution in [2.75, 3.05) is 13.3 Å². The van der Waals surface area contributed by atoms with Gasteiger partial charge in [-0.25, -0.2) is 4.79 Å². The van der Waals surface area contributed by atoms with Gasteiger partial charge in [-0.15, -0.1) is 0 Å². The van der Waals surface area contributed by atoms with Crippen LogP contribution in [0.1, 0.15) is 35.9 Å². The lowest BCUT2D eigenvalue weighted by molar-refractivity contribution is 0.174. The zero-order chi connectivity index (χ0) is 16.5. The second-order valence-corrected chi connectivity index (χ2v) is 6.07. The third-order valence-corrected chi connectivity index (χ3v) is 4.37. The lowest BCUT2D eigenvalue weighted by atomic mass is 10.1. The number of carbonyl (C=O) groups excluding carboxylic acids is 1. The summed E-state index contributed by atoms with van der Waals surface area (Å²) in [5, 5.41) is 6.89. The summed E-state index contributed by atoms with van der Waals surface area (Å²) in [6, 6.07) is 7.44. The summed E-state index contributed by atoms with van der Waals surface area (Å²) < 4.78 is 16.0. The van der Waals surface area contributed by atoms with Gasteiger partial charge in [-0.1, -0.05) is 11.2 Å². The Kier molecular flexibility index (Phi) is 3.76. The summed E-state index contributed by atoms with van der Waals surface area (Å²) in [7, 11) is 0. The van der Waals surface area contributed by atoms with E-state index in [0.29, 0.717) is 6.54 Å². The number of amides is 2. The predicted molar refractivity (Wildman–Crippen MR) is 84.7 cm³/mol. The van der Waals surface area contributed by atoms with E-state index in [1.807, 2.05) is 36.1 Å². The Bertz CT molecular complexity index is 758. The van der Waals surface area contributed by atoms with Gasteiger partial charge >= 0.3 is 6.03 Å². The molecule has 2 amide bonds. The minimum absolute atomic E-state index is 0.0389. The van der Waals surface area contributed by atoms with Gasteiger partial charge in [0.2, 0.25) is 6.79 Å². The van der Waals surface area contributed by atoms with E-state index in [1.165, 1.54) is 0 Å². The molecule has 126 valence electrons. The second-order valence-electron chi connectivity index (χ2n) is 6.07. The average Bonchev–Trinajstić information content (AvgIpc) is 3.31. The van der Waals surface area contributed by atoms with E-state index in [0.717, 1.165) is 47.9 Å². The van der Waals surface area contributed by atoms with Crippen LogP contribution in [0.5, 0.6) is 11.5 Å². The van der Waals surface area contributed by atoms with E-state index in [2.05, 4.69) is 10.5 Å². The monoisotopic (exact) mass is 329 g/mol. The van der Waals surface area contributed by atoms with Crippen molar-refractivity contribution in [3.63, 3.8) is 0 Å². The molecule has 1 N–H and O–H groups in total. The van der Waals surface area contributed by atoms with E-state index in [-0.39, 0.29) is 18.9 Å². The summed E-state index contributed by atoms with van der Waals surface area (Å²) in [6.07, 6.45) is 1.86. The molecule has 0 radical (unpaired) electrons. The van der Waals surface area contributed by atoms with Gasteiger partial charge in [-0.2, -0.15) is 0 Å². The molecule has 1 fully saturated rings. The Morgan fingerprint density at radius 1 is 1.33 bits per heavy atom. The van der Waals surface area contributed by atoms with Crippen LogP contribution in [-0.2, 0) is 6.54 Å². The van der Waals surface area contributed by atoms with Crippen LogP contribution < -0.4 is 14.8 Å². The van der Waals surface area contributed by atoms with Gasteiger partial charge < -0.3 is 24.2 Å². The molecule has 0 aliphatic carbocycles. The SMILES string of the molecule is Cc1cc(C2CCCN2C(=O)NCc2ccc3c(c2)OCO3)on1. The molecule has 1 aromatic heterocycles. The number of benzene rings is 1. The number of rotatable bonds is 3. The van der Waals surface area contributed by atoms with Gasteiger partial charge in [0, 0.05) is 19.2 Å². The van der Waals surface area contributed by atoms with Crippen LogP contribution in [0.4, 0.5) is 4.79 Å². The molecule has 2 aliphatic rings. The number of aromatic nitrogens is 1. The van der Waals surface area contributed by atoms with Crippen LogP contribution in [0.15, 0.2) is 28.8 Å².